The first-order chi connectivity index (χ1) is 12.0. The SMILES string of the molecule is C[C@H]1CCC[C@H](C)N1C(=O)Cn1nc(-c2ccc(F)cc2)ccc1=O. The van der Waals surface area contributed by atoms with Gasteiger partial charge in [-0.05, 0) is 63.4 Å². The Hall–Kier alpha value is -2.50. The van der Waals surface area contributed by atoms with Crippen molar-refractivity contribution >= 4 is 5.91 Å². The number of carbonyl (C=O) groups is 1. The average molecular weight is 343 g/mol. The summed E-state index contributed by atoms with van der Waals surface area (Å²) in [5.41, 5.74) is 0.908. The minimum absolute atomic E-state index is 0.0808. The molecule has 132 valence electrons. The van der Waals surface area contributed by atoms with Crippen LogP contribution in [0.15, 0.2) is 41.2 Å². The van der Waals surface area contributed by atoms with Crippen molar-refractivity contribution in [1.29, 1.82) is 0 Å². The Bertz CT molecular complexity index is 806. The molecule has 0 saturated carbocycles. The molecule has 1 aliphatic rings. The predicted molar refractivity (Wildman–Crippen MR) is 93.5 cm³/mol. The van der Waals surface area contributed by atoms with Crippen molar-refractivity contribution in [3.8, 4) is 11.3 Å². The maximum Gasteiger partial charge on any atom is 0.267 e. The van der Waals surface area contributed by atoms with Gasteiger partial charge in [0.25, 0.3) is 5.56 Å². The van der Waals surface area contributed by atoms with Crippen LogP contribution in [0.25, 0.3) is 11.3 Å². The van der Waals surface area contributed by atoms with Crippen LogP contribution in [0.3, 0.4) is 0 Å². The molecule has 0 radical (unpaired) electrons. The van der Waals surface area contributed by atoms with Gasteiger partial charge < -0.3 is 4.90 Å². The maximum absolute atomic E-state index is 13.1. The number of amides is 1. The first-order valence-corrected chi connectivity index (χ1v) is 8.61. The molecule has 1 aromatic heterocycles. The van der Waals surface area contributed by atoms with Crippen molar-refractivity contribution in [2.45, 2.75) is 51.7 Å². The fourth-order valence-electron chi connectivity index (χ4n) is 3.46. The van der Waals surface area contributed by atoms with Gasteiger partial charge in [0.2, 0.25) is 5.91 Å². The zero-order chi connectivity index (χ0) is 18.0. The van der Waals surface area contributed by atoms with Gasteiger partial charge in [-0.2, -0.15) is 5.10 Å². The lowest BCUT2D eigenvalue weighted by molar-refractivity contribution is -0.138. The van der Waals surface area contributed by atoms with Crippen molar-refractivity contribution in [3.63, 3.8) is 0 Å². The van der Waals surface area contributed by atoms with E-state index < -0.39 is 0 Å². The number of carbonyl (C=O) groups excluding carboxylic acids is 1. The van der Waals surface area contributed by atoms with Crippen LogP contribution in [0.5, 0.6) is 0 Å². The molecule has 3 rings (SSSR count). The summed E-state index contributed by atoms with van der Waals surface area (Å²) in [7, 11) is 0. The molecule has 0 unspecified atom stereocenters. The highest BCUT2D eigenvalue weighted by atomic mass is 19.1. The summed E-state index contributed by atoms with van der Waals surface area (Å²) >= 11 is 0. The minimum atomic E-state index is -0.333. The second-order valence-corrected chi connectivity index (χ2v) is 6.65. The number of halogens is 1. The molecule has 1 aromatic carbocycles. The number of nitrogens with zero attached hydrogens (tertiary/aromatic N) is 3. The van der Waals surface area contributed by atoms with Gasteiger partial charge in [0.15, 0.2) is 0 Å². The first kappa shape index (κ1) is 17.3. The topological polar surface area (TPSA) is 55.2 Å². The van der Waals surface area contributed by atoms with Crippen LogP contribution >= 0.6 is 0 Å². The number of aromatic nitrogens is 2. The second-order valence-electron chi connectivity index (χ2n) is 6.65. The predicted octanol–water partition coefficient (Wildman–Crippen LogP) is 2.84. The smallest absolute Gasteiger partial charge is 0.267 e. The van der Waals surface area contributed by atoms with Gasteiger partial charge >= 0.3 is 0 Å². The molecule has 0 N–H and O–H groups in total. The van der Waals surface area contributed by atoms with Crippen molar-refractivity contribution in [2.24, 2.45) is 0 Å². The zero-order valence-corrected chi connectivity index (χ0v) is 14.5. The fraction of sp³-hybridized carbons (Fsp3) is 0.421. The number of rotatable bonds is 3. The van der Waals surface area contributed by atoms with Crippen LogP contribution in [0.1, 0.15) is 33.1 Å². The van der Waals surface area contributed by atoms with E-state index in [9.17, 15) is 14.0 Å². The van der Waals surface area contributed by atoms with Gasteiger partial charge in [0, 0.05) is 23.7 Å². The molecule has 1 fully saturated rings. The third-order valence-electron chi connectivity index (χ3n) is 4.77. The minimum Gasteiger partial charge on any atom is -0.336 e. The van der Waals surface area contributed by atoms with Gasteiger partial charge in [-0.15, -0.1) is 0 Å². The fourth-order valence-corrected chi connectivity index (χ4v) is 3.46. The van der Waals surface area contributed by atoms with Crippen LogP contribution in [-0.2, 0) is 11.3 Å². The molecule has 2 aromatic rings. The molecule has 1 saturated heterocycles. The third-order valence-corrected chi connectivity index (χ3v) is 4.77. The summed E-state index contributed by atoms with van der Waals surface area (Å²) in [4.78, 5) is 26.7. The molecule has 1 aliphatic heterocycles. The molecule has 5 nitrogen and oxygen atoms in total. The number of hydrogen-bond donors (Lipinski definition) is 0. The number of hydrogen-bond acceptors (Lipinski definition) is 3. The highest BCUT2D eigenvalue weighted by molar-refractivity contribution is 5.76. The molecular formula is C19H22FN3O2. The van der Waals surface area contributed by atoms with Gasteiger partial charge in [0.05, 0.1) is 5.69 Å². The summed E-state index contributed by atoms with van der Waals surface area (Å²) in [5, 5.41) is 4.29. The standard InChI is InChI=1S/C19H22FN3O2/c1-13-4-3-5-14(2)23(13)19(25)12-22-18(24)11-10-17(21-22)15-6-8-16(20)9-7-15/h6-11,13-14H,3-5,12H2,1-2H3/t13-,14-/m0/s1. The number of piperidine rings is 1. The Morgan fingerprint density at radius 2 is 1.76 bits per heavy atom. The summed E-state index contributed by atoms with van der Waals surface area (Å²) in [6.45, 7) is 4.00. The lowest BCUT2D eigenvalue weighted by atomic mass is 9.97. The van der Waals surface area contributed by atoms with E-state index in [2.05, 4.69) is 5.10 Å². The highest BCUT2D eigenvalue weighted by Crippen LogP contribution is 2.23. The van der Waals surface area contributed by atoms with E-state index in [1.165, 1.54) is 22.9 Å². The lowest BCUT2D eigenvalue weighted by Gasteiger charge is -2.39. The average Bonchev–Trinajstić information content (AvgIpc) is 2.57. The largest absolute Gasteiger partial charge is 0.336 e. The quantitative estimate of drug-likeness (QED) is 0.861. The Kier molecular flexibility index (Phi) is 4.97. The van der Waals surface area contributed by atoms with E-state index in [1.54, 1.807) is 18.2 Å². The van der Waals surface area contributed by atoms with Crippen molar-refractivity contribution in [3.05, 3.63) is 52.6 Å². The molecule has 1 amide bonds. The normalized spacial score (nSPS) is 20.5. The molecule has 2 heterocycles. The summed E-state index contributed by atoms with van der Waals surface area (Å²) in [5.74, 6) is -0.425. The monoisotopic (exact) mass is 343 g/mol. The molecular weight excluding hydrogens is 321 g/mol. The van der Waals surface area contributed by atoms with Crippen molar-refractivity contribution < 1.29 is 9.18 Å². The Morgan fingerprint density at radius 3 is 2.40 bits per heavy atom. The zero-order valence-electron chi connectivity index (χ0n) is 14.5. The van der Waals surface area contributed by atoms with Gasteiger partial charge in [-0.1, -0.05) is 0 Å². The first-order valence-electron chi connectivity index (χ1n) is 8.61. The summed E-state index contributed by atoms with van der Waals surface area (Å²) in [6.07, 6.45) is 3.08. The van der Waals surface area contributed by atoms with Gasteiger partial charge in [-0.25, -0.2) is 9.07 Å². The van der Waals surface area contributed by atoms with Crippen molar-refractivity contribution in [2.75, 3.05) is 0 Å². The molecule has 0 aliphatic carbocycles. The molecule has 0 spiro atoms. The van der Waals surface area contributed by atoms with Crippen LogP contribution in [-0.4, -0.2) is 32.7 Å². The number of likely N-dealkylation sites (tertiary alicyclic amines) is 1. The Balaban J connectivity index is 1.84. The summed E-state index contributed by atoms with van der Waals surface area (Å²) in [6, 6.07) is 9.21. The summed E-state index contributed by atoms with van der Waals surface area (Å²) < 4.78 is 14.3. The van der Waals surface area contributed by atoms with E-state index in [1.807, 2.05) is 18.7 Å². The molecule has 25 heavy (non-hydrogen) atoms. The van der Waals surface area contributed by atoms with Crippen LogP contribution in [0.2, 0.25) is 0 Å². The lowest BCUT2D eigenvalue weighted by Crippen LogP contribution is -2.49. The third kappa shape index (κ3) is 3.78. The molecule has 2 atom stereocenters. The van der Waals surface area contributed by atoms with E-state index >= 15 is 0 Å². The van der Waals surface area contributed by atoms with E-state index in [0.717, 1.165) is 19.3 Å². The Labute approximate surface area is 146 Å². The van der Waals surface area contributed by atoms with Gasteiger partial charge in [-0.3, -0.25) is 9.59 Å². The van der Waals surface area contributed by atoms with Crippen LogP contribution in [0.4, 0.5) is 4.39 Å². The molecule has 6 heteroatoms. The second kappa shape index (κ2) is 7.17. The van der Waals surface area contributed by atoms with E-state index in [-0.39, 0.29) is 35.9 Å². The maximum atomic E-state index is 13.1. The number of benzene rings is 1. The highest BCUT2D eigenvalue weighted by Gasteiger charge is 2.29. The Morgan fingerprint density at radius 1 is 1.12 bits per heavy atom. The van der Waals surface area contributed by atoms with Crippen molar-refractivity contribution in [1.82, 2.24) is 14.7 Å². The van der Waals surface area contributed by atoms with Gasteiger partial charge in [0.1, 0.15) is 12.4 Å². The van der Waals surface area contributed by atoms with Crippen LogP contribution < -0.4 is 5.56 Å². The van der Waals surface area contributed by atoms with E-state index in [4.69, 9.17) is 0 Å². The molecule has 0 bridgehead atoms. The van der Waals surface area contributed by atoms with E-state index in [0.29, 0.717) is 11.3 Å². The van der Waals surface area contributed by atoms with Crippen LogP contribution in [0, 0.1) is 5.82 Å².